The molecule has 21 heavy (non-hydrogen) atoms. The maximum absolute atomic E-state index is 12.1. The molecule has 1 aromatic rings. The van der Waals surface area contributed by atoms with Crippen LogP contribution in [0.2, 0.25) is 0 Å². The van der Waals surface area contributed by atoms with Crippen LogP contribution in [0.1, 0.15) is 42.8 Å². The first-order valence-electron chi connectivity index (χ1n) is 7.32. The van der Waals surface area contributed by atoms with E-state index in [0.717, 1.165) is 19.3 Å². The lowest BCUT2D eigenvalue weighted by molar-refractivity contribution is -0.117. The summed E-state index contributed by atoms with van der Waals surface area (Å²) in [5, 5.41) is 15.6. The molecular formula is C15H22N2O3S. The number of carbonyl (C=O) groups excluding carboxylic acids is 2. The van der Waals surface area contributed by atoms with E-state index in [9.17, 15) is 14.7 Å². The van der Waals surface area contributed by atoms with E-state index >= 15 is 0 Å². The smallest absolute Gasteiger partial charge is 0.261 e. The van der Waals surface area contributed by atoms with Crippen molar-refractivity contribution in [1.29, 1.82) is 0 Å². The summed E-state index contributed by atoms with van der Waals surface area (Å²) in [6.45, 7) is 4.03. The zero-order chi connectivity index (χ0) is 15.4. The van der Waals surface area contributed by atoms with Crippen molar-refractivity contribution in [2.24, 2.45) is 11.8 Å². The van der Waals surface area contributed by atoms with Crippen molar-refractivity contribution >= 4 is 28.2 Å². The van der Waals surface area contributed by atoms with E-state index in [1.807, 2.05) is 13.8 Å². The number of rotatable bonds is 7. The molecule has 0 aliphatic heterocycles. The number of amides is 2. The molecule has 1 atom stereocenters. The Kier molecular flexibility index (Phi) is 5.36. The molecule has 5 nitrogen and oxygen atoms in total. The van der Waals surface area contributed by atoms with Gasteiger partial charge in [0.25, 0.3) is 5.91 Å². The van der Waals surface area contributed by atoms with Crippen molar-refractivity contribution in [3.05, 3.63) is 17.0 Å². The molecule has 116 valence electrons. The van der Waals surface area contributed by atoms with Crippen molar-refractivity contribution in [2.75, 3.05) is 11.9 Å². The molecule has 2 amide bonds. The molecule has 1 fully saturated rings. The van der Waals surface area contributed by atoms with Crippen LogP contribution in [0.25, 0.3) is 0 Å². The second-order valence-electron chi connectivity index (χ2n) is 5.91. The highest BCUT2D eigenvalue weighted by Crippen LogP contribution is 2.31. The molecule has 1 aliphatic rings. The maximum Gasteiger partial charge on any atom is 0.261 e. The van der Waals surface area contributed by atoms with Gasteiger partial charge in [0.1, 0.15) is 0 Å². The van der Waals surface area contributed by atoms with E-state index in [4.69, 9.17) is 0 Å². The van der Waals surface area contributed by atoms with Crippen LogP contribution in [-0.4, -0.2) is 29.6 Å². The van der Waals surface area contributed by atoms with E-state index in [-0.39, 0.29) is 30.4 Å². The summed E-state index contributed by atoms with van der Waals surface area (Å²) in [5.41, 5.74) is 0. The number of aliphatic hydroxyl groups excluding tert-OH is 1. The lowest BCUT2D eigenvalue weighted by atomic mass is 10.0. The Hall–Kier alpha value is -1.40. The predicted octanol–water partition coefficient (Wildman–Crippen LogP) is 2.23. The molecule has 0 bridgehead atoms. The monoisotopic (exact) mass is 310 g/mol. The number of hydrogen-bond donors (Lipinski definition) is 3. The van der Waals surface area contributed by atoms with Gasteiger partial charge in [0.15, 0.2) is 0 Å². The minimum absolute atomic E-state index is 0.0388. The summed E-state index contributed by atoms with van der Waals surface area (Å²) in [4.78, 5) is 24.3. The minimum Gasteiger partial charge on any atom is -0.394 e. The van der Waals surface area contributed by atoms with Gasteiger partial charge in [0.05, 0.1) is 22.5 Å². The van der Waals surface area contributed by atoms with E-state index < -0.39 is 0 Å². The third-order valence-corrected chi connectivity index (χ3v) is 4.34. The Balaban J connectivity index is 1.89. The van der Waals surface area contributed by atoms with E-state index in [0.29, 0.717) is 15.8 Å². The second-order valence-corrected chi connectivity index (χ2v) is 6.99. The SMILES string of the molecule is CC(C)CC(CO)NC(=O)c1ccc(NC(=O)C2CC2)s1. The van der Waals surface area contributed by atoms with Crippen LogP contribution in [0.4, 0.5) is 5.00 Å². The number of aliphatic hydroxyl groups is 1. The van der Waals surface area contributed by atoms with Crippen LogP contribution in [0, 0.1) is 11.8 Å². The van der Waals surface area contributed by atoms with Crippen LogP contribution in [0.3, 0.4) is 0 Å². The van der Waals surface area contributed by atoms with Crippen molar-refractivity contribution < 1.29 is 14.7 Å². The standard InChI is InChI=1S/C15H22N2O3S/c1-9(2)7-11(8-18)16-15(20)12-5-6-13(21-12)17-14(19)10-3-4-10/h5-6,9-11,18H,3-4,7-8H2,1-2H3,(H,16,20)(H,17,19). The summed E-state index contributed by atoms with van der Waals surface area (Å²) in [5.74, 6) is 0.386. The summed E-state index contributed by atoms with van der Waals surface area (Å²) < 4.78 is 0. The Labute approximate surface area is 128 Å². The van der Waals surface area contributed by atoms with E-state index in [1.165, 1.54) is 11.3 Å². The quantitative estimate of drug-likeness (QED) is 0.722. The molecule has 0 saturated heterocycles. The van der Waals surface area contributed by atoms with Crippen molar-refractivity contribution in [2.45, 2.75) is 39.2 Å². The Morgan fingerprint density at radius 3 is 2.67 bits per heavy atom. The molecule has 1 aliphatic carbocycles. The highest BCUT2D eigenvalue weighted by atomic mass is 32.1. The molecule has 1 unspecified atom stereocenters. The zero-order valence-electron chi connectivity index (χ0n) is 12.4. The van der Waals surface area contributed by atoms with Crippen LogP contribution in [0.15, 0.2) is 12.1 Å². The molecule has 6 heteroatoms. The molecule has 0 spiro atoms. The van der Waals surface area contributed by atoms with Crippen LogP contribution < -0.4 is 10.6 Å². The fraction of sp³-hybridized carbons (Fsp3) is 0.600. The lowest BCUT2D eigenvalue weighted by Crippen LogP contribution is -2.38. The zero-order valence-corrected chi connectivity index (χ0v) is 13.2. The normalized spacial score (nSPS) is 15.8. The molecule has 1 heterocycles. The molecule has 2 rings (SSSR count). The van der Waals surface area contributed by atoms with Crippen molar-refractivity contribution in [3.63, 3.8) is 0 Å². The first-order chi connectivity index (χ1) is 9.99. The number of carbonyl (C=O) groups is 2. The number of thiophene rings is 1. The molecular weight excluding hydrogens is 288 g/mol. The largest absolute Gasteiger partial charge is 0.394 e. The first-order valence-corrected chi connectivity index (χ1v) is 8.13. The predicted molar refractivity (Wildman–Crippen MR) is 83.5 cm³/mol. The molecule has 1 saturated carbocycles. The fourth-order valence-corrected chi connectivity index (χ4v) is 2.91. The average Bonchev–Trinajstić information content (AvgIpc) is 3.18. The minimum atomic E-state index is -0.232. The molecule has 1 aromatic heterocycles. The highest BCUT2D eigenvalue weighted by Gasteiger charge is 2.30. The van der Waals surface area contributed by atoms with Gasteiger partial charge in [0, 0.05) is 5.92 Å². The number of anilines is 1. The topological polar surface area (TPSA) is 78.4 Å². The summed E-state index contributed by atoms with van der Waals surface area (Å²) in [7, 11) is 0. The van der Waals surface area contributed by atoms with E-state index in [1.54, 1.807) is 12.1 Å². The number of nitrogens with one attached hydrogen (secondary N) is 2. The van der Waals surface area contributed by atoms with Gasteiger partial charge >= 0.3 is 0 Å². The molecule has 3 N–H and O–H groups in total. The highest BCUT2D eigenvalue weighted by molar-refractivity contribution is 7.18. The Morgan fingerprint density at radius 1 is 1.38 bits per heavy atom. The Bertz CT molecular complexity index is 509. The summed E-state index contributed by atoms with van der Waals surface area (Å²) in [6, 6.07) is 3.21. The van der Waals surface area contributed by atoms with Gasteiger partial charge < -0.3 is 15.7 Å². The first kappa shape index (κ1) is 16.0. The third-order valence-electron chi connectivity index (χ3n) is 3.34. The van der Waals surface area contributed by atoms with Crippen LogP contribution in [0.5, 0.6) is 0 Å². The van der Waals surface area contributed by atoms with Gasteiger partial charge in [-0.15, -0.1) is 11.3 Å². The van der Waals surface area contributed by atoms with Gasteiger partial charge in [0.2, 0.25) is 5.91 Å². The van der Waals surface area contributed by atoms with Gasteiger partial charge in [-0.05, 0) is 37.3 Å². The number of hydrogen-bond acceptors (Lipinski definition) is 4. The van der Waals surface area contributed by atoms with E-state index in [2.05, 4.69) is 10.6 Å². The summed E-state index contributed by atoms with van der Waals surface area (Å²) in [6.07, 6.45) is 2.65. The average molecular weight is 310 g/mol. The second kappa shape index (κ2) is 7.04. The van der Waals surface area contributed by atoms with Gasteiger partial charge in [-0.25, -0.2) is 0 Å². The maximum atomic E-state index is 12.1. The van der Waals surface area contributed by atoms with Crippen LogP contribution >= 0.6 is 11.3 Å². The fourth-order valence-electron chi connectivity index (χ4n) is 2.10. The van der Waals surface area contributed by atoms with Gasteiger partial charge in [-0.1, -0.05) is 13.8 Å². The van der Waals surface area contributed by atoms with Crippen molar-refractivity contribution in [1.82, 2.24) is 5.32 Å². The van der Waals surface area contributed by atoms with Gasteiger partial charge in [-0.2, -0.15) is 0 Å². The summed E-state index contributed by atoms with van der Waals surface area (Å²) >= 11 is 1.26. The van der Waals surface area contributed by atoms with Crippen molar-refractivity contribution in [3.8, 4) is 0 Å². The lowest BCUT2D eigenvalue weighted by Gasteiger charge is -2.17. The third kappa shape index (κ3) is 4.82. The molecule has 0 aromatic carbocycles. The van der Waals surface area contributed by atoms with Crippen LogP contribution in [-0.2, 0) is 4.79 Å². The van der Waals surface area contributed by atoms with Gasteiger partial charge in [-0.3, -0.25) is 9.59 Å². The Morgan fingerprint density at radius 2 is 2.10 bits per heavy atom. The molecule has 0 radical (unpaired) electrons.